The van der Waals surface area contributed by atoms with Gasteiger partial charge in [0, 0.05) is 12.7 Å². The van der Waals surface area contributed by atoms with E-state index in [1.54, 1.807) is 41.3 Å². The fraction of sp³-hybridized carbons (Fsp3) is 0.447. The summed E-state index contributed by atoms with van der Waals surface area (Å²) in [6, 6.07) is 12.3. The summed E-state index contributed by atoms with van der Waals surface area (Å²) in [6.45, 7) is 11.1. The third kappa shape index (κ3) is 6.72. The van der Waals surface area contributed by atoms with Gasteiger partial charge >= 0.3 is 0 Å². The van der Waals surface area contributed by atoms with Crippen LogP contribution in [-0.2, 0) is 19.4 Å². The molecule has 0 atom stereocenters. The maximum Gasteiger partial charge on any atom is 0.255 e. The van der Waals surface area contributed by atoms with E-state index in [2.05, 4.69) is 31.2 Å². The van der Waals surface area contributed by atoms with Gasteiger partial charge in [0.2, 0.25) is 9.84 Å². The molecule has 5 rings (SSSR count). The molecule has 2 heterocycles. The third-order valence-electron chi connectivity index (χ3n) is 9.08. The number of benzene rings is 2. The highest BCUT2D eigenvalue weighted by Crippen LogP contribution is 2.47. The van der Waals surface area contributed by atoms with E-state index >= 15 is 0 Å². The number of fused-ring (bicyclic) bond motifs is 2. The van der Waals surface area contributed by atoms with Gasteiger partial charge in [-0.05, 0) is 111 Å². The van der Waals surface area contributed by atoms with Crippen LogP contribution >= 0.6 is 0 Å². The molecule has 0 N–H and O–H groups in total. The number of sulfone groups is 1. The van der Waals surface area contributed by atoms with Gasteiger partial charge in [0.15, 0.2) is 0 Å². The van der Waals surface area contributed by atoms with Gasteiger partial charge in [-0.3, -0.25) is 9.69 Å². The average molecular weight is 614 g/mol. The van der Waals surface area contributed by atoms with Crippen molar-refractivity contribution in [3.8, 4) is 0 Å². The van der Waals surface area contributed by atoms with Crippen LogP contribution in [0.1, 0.15) is 91.5 Å². The molecule has 0 bridgehead atoms. The van der Waals surface area contributed by atoms with Crippen molar-refractivity contribution in [2.45, 2.75) is 101 Å². The normalized spacial score (nSPS) is 24.1. The quantitative estimate of drug-likeness (QED) is 0.240. The van der Waals surface area contributed by atoms with Gasteiger partial charge in [0.1, 0.15) is 0 Å². The van der Waals surface area contributed by atoms with E-state index in [9.17, 15) is 13.2 Å². The van der Waals surface area contributed by atoms with Crippen molar-refractivity contribution in [1.82, 2.24) is 0 Å². The zero-order valence-electron chi connectivity index (χ0n) is 26.9. The summed E-state index contributed by atoms with van der Waals surface area (Å²) in [6.07, 6.45) is 21.0. The van der Waals surface area contributed by atoms with Crippen molar-refractivity contribution >= 4 is 32.7 Å². The monoisotopic (exact) mass is 613 g/mol. The number of amides is 1. The van der Waals surface area contributed by atoms with Gasteiger partial charge in [-0.25, -0.2) is 8.42 Å². The second-order valence-electron chi connectivity index (χ2n) is 13.5. The number of rotatable bonds is 6. The molecule has 5 nitrogen and oxygen atoms in total. The molecule has 234 valence electrons. The first-order valence-corrected chi connectivity index (χ1v) is 17.7. The molecule has 0 radical (unpaired) electrons. The zero-order valence-corrected chi connectivity index (χ0v) is 27.8. The number of anilines is 2. The number of para-hydroxylation sites is 1. The summed E-state index contributed by atoms with van der Waals surface area (Å²) in [5.41, 5.74) is 3.68. The van der Waals surface area contributed by atoms with Crippen LogP contribution in [0, 0.1) is 11.3 Å². The van der Waals surface area contributed by atoms with Crippen molar-refractivity contribution in [3.63, 3.8) is 0 Å². The Morgan fingerprint density at radius 3 is 2.39 bits per heavy atom. The molecule has 2 fully saturated rings. The number of carbonyl (C=O) groups is 1. The van der Waals surface area contributed by atoms with Crippen LogP contribution in [0.3, 0.4) is 0 Å². The Labute approximate surface area is 264 Å². The highest BCUT2D eigenvalue weighted by molar-refractivity contribution is 7.92. The molecule has 2 aromatic rings. The minimum Gasteiger partial charge on any atom is -0.375 e. The maximum atomic E-state index is 13.9. The molecule has 1 aliphatic carbocycles. The van der Waals surface area contributed by atoms with Gasteiger partial charge in [-0.2, -0.15) is 0 Å². The Kier molecular flexibility index (Phi) is 9.52. The number of hydrogen-bond donors (Lipinski definition) is 0. The Balaban J connectivity index is 1.61. The van der Waals surface area contributed by atoms with Crippen LogP contribution < -0.4 is 4.90 Å². The van der Waals surface area contributed by atoms with Crippen molar-refractivity contribution in [3.05, 3.63) is 90.1 Å². The van der Waals surface area contributed by atoms with E-state index in [0.717, 1.165) is 68.3 Å². The minimum absolute atomic E-state index is 0.0449. The molecule has 0 aromatic heterocycles. The van der Waals surface area contributed by atoms with Crippen molar-refractivity contribution in [2.24, 2.45) is 11.3 Å². The third-order valence-corrected chi connectivity index (χ3v) is 10.9. The number of hydrogen-bond acceptors (Lipinski definition) is 4. The van der Waals surface area contributed by atoms with Crippen molar-refractivity contribution in [1.29, 1.82) is 0 Å². The molecule has 0 unspecified atom stereocenters. The van der Waals surface area contributed by atoms with Crippen LogP contribution in [0.15, 0.2) is 94.3 Å². The summed E-state index contributed by atoms with van der Waals surface area (Å²) in [5.74, 6) is 0.118. The highest BCUT2D eigenvalue weighted by Gasteiger charge is 2.38. The van der Waals surface area contributed by atoms with Crippen LogP contribution in [0.4, 0.5) is 11.4 Å². The SMILES string of the molecule is C/C=C(\C=C/CC)C(=C/C1CCC2(CCCCO2)CC1)/c1ccc2c(c1)N(C(=O)/C=C\C(C)(C)C)c1ccccc1S2(=O)=O. The van der Waals surface area contributed by atoms with E-state index in [0.29, 0.717) is 17.3 Å². The lowest BCUT2D eigenvalue weighted by Crippen LogP contribution is -2.39. The fourth-order valence-corrected chi connectivity index (χ4v) is 8.26. The van der Waals surface area contributed by atoms with Crippen molar-refractivity contribution in [2.75, 3.05) is 11.5 Å². The van der Waals surface area contributed by atoms with E-state index < -0.39 is 9.84 Å². The lowest BCUT2D eigenvalue weighted by molar-refractivity contribution is -0.113. The second kappa shape index (κ2) is 13.0. The molecule has 6 heteroatoms. The van der Waals surface area contributed by atoms with Crippen LogP contribution in [0.25, 0.3) is 5.57 Å². The highest BCUT2D eigenvalue weighted by atomic mass is 32.2. The molecule has 44 heavy (non-hydrogen) atoms. The molecule has 1 amide bonds. The fourth-order valence-electron chi connectivity index (χ4n) is 6.66. The predicted molar refractivity (Wildman–Crippen MR) is 180 cm³/mol. The topological polar surface area (TPSA) is 63.7 Å². The molecule has 1 saturated heterocycles. The molecule has 2 aromatic carbocycles. The summed E-state index contributed by atoms with van der Waals surface area (Å²) in [5, 5.41) is 0. The average Bonchev–Trinajstić information content (AvgIpc) is 3.01. The number of nitrogens with zero attached hydrogens (tertiary/aromatic N) is 1. The predicted octanol–water partition coefficient (Wildman–Crippen LogP) is 9.53. The maximum absolute atomic E-state index is 13.9. The largest absolute Gasteiger partial charge is 0.375 e. The Morgan fingerprint density at radius 2 is 1.73 bits per heavy atom. The first kappa shape index (κ1) is 32.2. The Hall–Kier alpha value is -3.22. The van der Waals surface area contributed by atoms with E-state index in [-0.39, 0.29) is 26.7 Å². The van der Waals surface area contributed by atoms with Crippen LogP contribution in [0.2, 0.25) is 0 Å². The molecule has 1 saturated carbocycles. The zero-order chi connectivity index (χ0) is 31.5. The summed E-state index contributed by atoms with van der Waals surface area (Å²) < 4.78 is 34.0. The molecular weight excluding hydrogens is 566 g/mol. The number of ether oxygens (including phenoxy) is 1. The number of allylic oxidation sites excluding steroid dienone is 7. The molecule has 3 aliphatic rings. The molecule has 1 spiro atoms. The Morgan fingerprint density at radius 1 is 1.00 bits per heavy atom. The first-order chi connectivity index (χ1) is 21.0. The lowest BCUT2D eigenvalue weighted by atomic mass is 9.74. The smallest absolute Gasteiger partial charge is 0.255 e. The van der Waals surface area contributed by atoms with Gasteiger partial charge in [0.05, 0.1) is 26.8 Å². The van der Waals surface area contributed by atoms with Gasteiger partial charge in [-0.1, -0.05) is 76.3 Å². The molecular formula is C38H47NO4S. The van der Waals surface area contributed by atoms with Gasteiger partial charge in [0.25, 0.3) is 5.91 Å². The summed E-state index contributed by atoms with van der Waals surface area (Å²) in [7, 11) is -3.82. The summed E-state index contributed by atoms with van der Waals surface area (Å²) in [4.78, 5) is 15.7. The Bertz CT molecular complexity index is 1600. The number of carbonyl (C=O) groups excluding carboxylic acids is 1. The van der Waals surface area contributed by atoms with Gasteiger partial charge < -0.3 is 4.74 Å². The first-order valence-electron chi connectivity index (χ1n) is 16.2. The lowest BCUT2D eigenvalue weighted by Gasteiger charge is -2.42. The second-order valence-corrected chi connectivity index (χ2v) is 15.4. The van der Waals surface area contributed by atoms with Gasteiger partial charge in [-0.15, -0.1) is 0 Å². The van der Waals surface area contributed by atoms with E-state index in [1.165, 1.54) is 6.42 Å². The van der Waals surface area contributed by atoms with Crippen LogP contribution in [0.5, 0.6) is 0 Å². The van der Waals surface area contributed by atoms with Crippen LogP contribution in [-0.4, -0.2) is 26.5 Å². The minimum atomic E-state index is -3.82. The van der Waals surface area contributed by atoms with E-state index in [4.69, 9.17) is 4.74 Å². The van der Waals surface area contributed by atoms with E-state index in [1.807, 2.05) is 45.9 Å². The molecule has 2 aliphatic heterocycles. The summed E-state index contributed by atoms with van der Waals surface area (Å²) >= 11 is 0. The standard InChI is InChI=1S/C38H47NO4S/c1-6-8-13-29(7-2)31(26-28-18-23-38(24-19-28)21-11-12-25-43-38)30-16-17-35-33(27-30)39(36(40)20-22-37(3,4)5)32-14-9-10-15-34(32)44(35,41)42/h7-10,13-17,20,22,26-28H,6,11-12,18-19,21,23-25H2,1-5H3/b13-8-,22-20-,29-7+,31-26-. The van der Waals surface area contributed by atoms with Crippen molar-refractivity contribution < 1.29 is 17.9 Å².